The Hall–Kier alpha value is -4.75. The van der Waals surface area contributed by atoms with E-state index in [1.807, 2.05) is 78.9 Å². The topological polar surface area (TPSA) is 93.7 Å². The average molecular weight is 537 g/mol. The van der Waals surface area contributed by atoms with Crippen molar-refractivity contribution in [3.63, 3.8) is 0 Å². The standard InChI is InChI=1S/C33H32N2O5/c36-31(26-13-6-2-7-14-26)17-10-18-32(37)35-30(24-39-23-25-11-4-1-5-12-25)33(38)34-27-19-21-29(22-20-27)40-28-15-8-3-9-16-28/h1-9,11-16,19-22,30H,10,17-18,23-24H2,(H,34,38)(H,35,37). The zero-order chi connectivity index (χ0) is 28.0. The molecule has 0 aliphatic rings. The van der Waals surface area contributed by atoms with Crippen molar-refractivity contribution in [2.75, 3.05) is 11.9 Å². The first-order valence-electron chi connectivity index (χ1n) is 13.2. The molecule has 7 nitrogen and oxygen atoms in total. The zero-order valence-corrected chi connectivity index (χ0v) is 22.1. The summed E-state index contributed by atoms with van der Waals surface area (Å²) in [5.74, 6) is 0.594. The molecule has 4 rings (SSSR count). The fourth-order valence-corrected chi connectivity index (χ4v) is 3.96. The van der Waals surface area contributed by atoms with E-state index in [4.69, 9.17) is 9.47 Å². The SMILES string of the molecule is O=C(CCCC(=O)c1ccccc1)NC(COCc1ccccc1)C(=O)Nc1ccc(Oc2ccccc2)cc1. The third-order valence-corrected chi connectivity index (χ3v) is 6.05. The van der Waals surface area contributed by atoms with E-state index in [0.717, 1.165) is 5.56 Å². The van der Waals surface area contributed by atoms with Gasteiger partial charge in [-0.2, -0.15) is 0 Å². The summed E-state index contributed by atoms with van der Waals surface area (Å²) in [6.07, 6.45) is 0.740. The third-order valence-electron chi connectivity index (χ3n) is 6.05. The maximum atomic E-state index is 13.1. The molecule has 1 atom stereocenters. The van der Waals surface area contributed by atoms with Crippen molar-refractivity contribution < 1.29 is 23.9 Å². The summed E-state index contributed by atoms with van der Waals surface area (Å²) in [6.45, 7) is 0.294. The van der Waals surface area contributed by atoms with Crippen LogP contribution in [0.1, 0.15) is 35.2 Å². The van der Waals surface area contributed by atoms with Crippen molar-refractivity contribution in [1.82, 2.24) is 5.32 Å². The Balaban J connectivity index is 1.32. The Morgan fingerprint density at radius 1 is 0.675 bits per heavy atom. The molecule has 0 aromatic heterocycles. The number of hydrogen-bond acceptors (Lipinski definition) is 5. The number of benzene rings is 4. The fourth-order valence-electron chi connectivity index (χ4n) is 3.96. The first kappa shape index (κ1) is 28.3. The lowest BCUT2D eigenvalue weighted by Gasteiger charge is -2.19. The van der Waals surface area contributed by atoms with E-state index in [1.54, 1.807) is 36.4 Å². The molecular formula is C33H32N2O5. The molecule has 4 aromatic rings. The van der Waals surface area contributed by atoms with Gasteiger partial charge in [0.05, 0.1) is 13.2 Å². The molecule has 0 aliphatic carbocycles. The molecule has 2 amide bonds. The van der Waals surface area contributed by atoms with E-state index in [9.17, 15) is 14.4 Å². The van der Waals surface area contributed by atoms with E-state index in [2.05, 4.69) is 10.6 Å². The lowest BCUT2D eigenvalue weighted by Crippen LogP contribution is -2.46. The number of Topliss-reactive ketones (excluding diaryl/α,β-unsaturated/α-hetero) is 1. The molecule has 0 radical (unpaired) electrons. The second-order valence-electron chi connectivity index (χ2n) is 9.19. The number of carbonyl (C=O) groups excluding carboxylic acids is 3. The predicted molar refractivity (Wildman–Crippen MR) is 154 cm³/mol. The van der Waals surface area contributed by atoms with Crippen molar-refractivity contribution in [2.24, 2.45) is 0 Å². The van der Waals surface area contributed by atoms with Gasteiger partial charge in [-0.3, -0.25) is 14.4 Å². The number of nitrogens with one attached hydrogen (secondary N) is 2. The van der Waals surface area contributed by atoms with Crippen molar-refractivity contribution in [2.45, 2.75) is 31.9 Å². The number of para-hydroxylation sites is 1. The predicted octanol–water partition coefficient (Wildman–Crippen LogP) is 6.17. The summed E-state index contributed by atoms with van der Waals surface area (Å²) in [4.78, 5) is 38.2. The van der Waals surface area contributed by atoms with Crippen LogP contribution in [0.3, 0.4) is 0 Å². The third kappa shape index (κ3) is 9.22. The molecule has 2 N–H and O–H groups in total. The number of anilines is 1. The van der Waals surface area contributed by atoms with Gasteiger partial charge in [0.1, 0.15) is 17.5 Å². The highest BCUT2D eigenvalue weighted by Crippen LogP contribution is 2.22. The summed E-state index contributed by atoms with van der Waals surface area (Å²) < 4.78 is 11.6. The molecule has 0 saturated carbocycles. The van der Waals surface area contributed by atoms with Crippen LogP contribution in [0.4, 0.5) is 5.69 Å². The summed E-state index contributed by atoms with van der Waals surface area (Å²) in [7, 11) is 0. The Morgan fingerprint density at radius 2 is 1.27 bits per heavy atom. The van der Waals surface area contributed by atoms with Crippen LogP contribution in [0.15, 0.2) is 115 Å². The molecule has 0 aliphatic heterocycles. The van der Waals surface area contributed by atoms with Crippen molar-refractivity contribution >= 4 is 23.3 Å². The Bertz CT molecular complexity index is 1360. The Kier molecular flexibility index (Phi) is 10.6. The van der Waals surface area contributed by atoms with Gasteiger partial charge in [0.25, 0.3) is 0 Å². The molecule has 0 spiro atoms. The number of ether oxygens (including phenoxy) is 2. The molecule has 204 valence electrons. The second-order valence-corrected chi connectivity index (χ2v) is 9.19. The minimum Gasteiger partial charge on any atom is -0.457 e. The normalized spacial score (nSPS) is 11.3. The molecule has 40 heavy (non-hydrogen) atoms. The lowest BCUT2D eigenvalue weighted by atomic mass is 10.1. The quantitative estimate of drug-likeness (QED) is 0.188. The molecule has 7 heteroatoms. The van der Waals surface area contributed by atoms with Crippen molar-refractivity contribution in [3.8, 4) is 11.5 Å². The van der Waals surface area contributed by atoms with E-state index in [1.165, 1.54) is 0 Å². The van der Waals surface area contributed by atoms with Crippen LogP contribution < -0.4 is 15.4 Å². The lowest BCUT2D eigenvalue weighted by molar-refractivity contribution is -0.128. The van der Waals surface area contributed by atoms with Crippen LogP contribution >= 0.6 is 0 Å². The van der Waals surface area contributed by atoms with Gasteiger partial charge in [0.15, 0.2) is 5.78 Å². The van der Waals surface area contributed by atoms with Gasteiger partial charge < -0.3 is 20.1 Å². The highest BCUT2D eigenvalue weighted by atomic mass is 16.5. The number of rotatable bonds is 14. The second kappa shape index (κ2) is 15.0. The fraction of sp³-hybridized carbons (Fsp3) is 0.182. The van der Waals surface area contributed by atoms with Crippen LogP contribution in [0, 0.1) is 0 Å². The largest absolute Gasteiger partial charge is 0.457 e. The minimum absolute atomic E-state index is 0.00931. The van der Waals surface area contributed by atoms with E-state index < -0.39 is 11.9 Å². The van der Waals surface area contributed by atoms with Gasteiger partial charge in [0.2, 0.25) is 11.8 Å². The van der Waals surface area contributed by atoms with E-state index in [0.29, 0.717) is 35.8 Å². The monoisotopic (exact) mass is 536 g/mol. The van der Waals surface area contributed by atoms with E-state index >= 15 is 0 Å². The average Bonchev–Trinajstić information content (AvgIpc) is 2.99. The van der Waals surface area contributed by atoms with Crippen LogP contribution in [-0.4, -0.2) is 30.2 Å². The van der Waals surface area contributed by atoms with Crippen LogP contribution in [0.2, 0.25) is 0 Å². The first-order valence-corrected chi connectivity index (χ1v) is 13.2. The summed E-state index contributed by atoms with van der Waals surface area (Å²) >= 11 is 0. The van der Waals surface area contributed by atoms with Crippen LogP contribution in [0.5, 0.6) is 11.5 Å². The number of ketones is 1. The zero-order valence-electron chi connectivity index (χ0n) is 22.1. The van der Waals surface area contributed by atoms with E-state index in [-0.39, 0.29) is 31.1 Å². The van der Waals surface area contributed by atoms with Crippen molar-refractivity contribution in [3.05, 3.63) is 126 Å². The molecule has 0 heterocycles. The van der Waals surface area contributed by atoms with Gasteiger partial charge in [-0.1, -0.05) is 78.9 Å². The number of carbonyl (C=O) groups is 3. The molecular weight excluding hydrogens is 504 g/mol. The summed E-state index contributed by atoms with van der Waals surface area (Å²) in [6, 6.07) is 34.0. The smallest absolute Gasteiger partial charge is 0.249 e. The van der Waals surface area contributed by atoms with Crippen LogP contribution in [0.25, 0.3) is 0 Å². The van der Waals surface area contributed by atoms with Crippen molar-refractivity contribution in [1.29, 1.82) is 0 Å². The highest BCUT2D eigenvalue weighted by Gasteiger charge is 2.22. The Morgan fingerprint density at radius 3 is 1.95 bits per heavy atom. The van der Waals surface area contributed by atoms with Crippen LogP contribution in [-0.2, 0) is 20.9 Å². The molecule has 4 aromatic carbocycles. The maximum Gasteiger partial charge on any atom is 0.249 e. The molecule has 0 bridgehead atoms. The number of hydrogen-bond donors (Lipinski definition) is 2. The minimum atomic E-state index is -0.915. The van der Waals surface area contributed by atoms with Gasteiger partial charge >= 0.3 is 0 Å². The van der Waals surface area contributed by atoms with Gasteiger partial charge in [-0.25, -0.2) is 0 Å². The molecule has 1 unspecified atom stereocenters. The Labute approximate surface area is 234 Å². The van der Waals surface area contributed by atoms with Gasteiger partial charge in [0, 0.05) is 24.1 Å². The molecule has 0 fully saturated rings. The first-order chi connectivity index (χ1) is 19.6. The highest BCUT2D eigenvalue weighted by molar-refractivity contribution is 5.98. The van der Waals surface area contributed by atoms with Gasteiger partial charge in [-0.15, -0.1) is 0 Å². The summed E-state index contributed by atoms with van der Waals surface area (Å²) in [5.41, 5.74) is 2.14. The molecule has 0 saturated heterocycles. The summed E-state index contributed by atoms with van der Waals surface area (Å²) in [5, 5.41) is 5.61. The number of amides is 2. The maximum absolute atomic E-state index is 13.1. The van der Waals surface area contributed by atoms with Gasteiger partial charge in [-0.05, 0) is 48.4 Å².